The average molecular weight is 352 g/mol. The van der Waals surface area contributed by atoms with Gasteiger partial charge in [-0.2, -0.15) is 0 Å². The number of benzene rings is 1. The third-order valence-electron chi connectivity index (χ3n) is 4.70. The number of hydrogen-bond donors (Lipinski definition) is 2. The maximum atomic E-state index is 12.2. The number of carbonyl (C=O) groups is 1. The quantitative estimate of drug-likeness (QED) is 0.694. The normalized spacial score (nSPS) is 13.7. The summed E-state index contributed by atoms with van der Waals surface area (Å²) in [7, 11) is 0. The van der Waals surface area contributed by atoms with Crippen LogP contribution >= 0.6 is 0 Å². The lowest BCUT2D eigenvalue weighted by Gasteiger charge is -2.18. The molecular weight excluding hydrogens is 324 g/mol. The van der Waals surface area contributed by atoms with Gasteiger partial charge in [0.25, 0.3) is 5.91 Å². The number of rotatable bonds is 8. The second-order valence-electron chi connectivity index (χ2n) is 6.76. The summed E-state index contributed by atoms with van der Waals surface area (Å²) in [5, 5.41) is 6.25. The predicted octanol–water partition coefficient (Wildman–Crippen LogP) is 4.35. The van der Waals surface area contributed by atoms with Gasteiger partial charge < -0.3 is 15.5 Å². The first-order valence-corrected chi connectivity index (χ1v) is 9.62. The molecule has 26 heavy (non-hydrogen) atoms. The molecule has 1 saturated heterocycles. The Labute approximate surface area is 155 Å². The van der Waals surface area contributed by atoms with Crippen LogP contribution in [0.4, 0.5) is 17.2 Å². The van der Waals surface area contributed by atoms with Crippen molar-refractivity contribution in [3.63, 3.8) is 0 Å². The molecule has 0 saturated carbocycles. The van der Waals surface area contributed by atoms with E-state index in [2.05, 4.69) is 51.7 Å². The Bertz CT molecular complexity index is 708. The number of nitrogens with one attached hydrogen (secondary N) is 2. The van der Waals surface area contributed by atoms with E-state index in [1.54, 1.807) is 18.3 Å². The predicted molar refractivity (Wildman–Crippen MR) is 107 cm³/mol. The molecule has 0 spiro atoms. The van der Waals surface area contributed by atoms with Crippen LogP contribution in [0.15, 0.2) is 42.6 Å². The third-order valence-corrected chi connectivity index (χ3v) is 4.70. The Balaban J connectivity index is 1.58. The fourth-order valence-corrected chi connectivity index (χ4v) is 3.20. The number of carbonyl (C=O) groups excluding carboxylic acids is 1. The van der Waals surface area contributed by atoms with Gasteiger partial charge in [-0.05, 0) is 55.7 Å². The van der Waals surface area contributed by atoms with Crippen LogP contribution in [0.25, 0.3) is 0 Å². The van der Waals surface area contributed by atoms with Crippen LogP contribution < -0.4 is 15.5 Å². The zero-order valence-electron chi connectivity index (χ0n) is 15.5. The molecule has 1 aliphatic rings. The Morgan fingerprint density at radius 3 is 2.62 bits per heavy atom. The minimum atomic E-state index is -0.0454. The van der Waals surface area contributed by atoms with E-state index in [1.165, 1.54) is 18.5 Å². The van der Waals surface area contributed by atoms with Gasteiger partial charge in [0.1, 0.15) is 5.82 Å². The van der Waals surface area contributed by atoms with Crippen molar-refractivity contribution in [2.75, 3.05) is 29.9 Å². The first kappa shape index (κ1) is 18.2. The lowest BCUT2D eigenvalue weighted by molar-refractivity contribution is 0.0953. The number of amides is 1. The SMILES string of the molecule is CCCCCNC(=O)c1ccnc(Nc2ccc(N3CCCC3)cc2)c1. The summed E-state index contributed by atoms with van der Waals surface area (Å²) >= 11 is 0. The van der Waals surface area contributed by atoms with E-state index in [-0.39, 0.29) is 5.91 Å². The molecule has 2 heterocycles. The highest BCUT2D eigenvalue weighted by Crippen LogP contribution is 2.23. The van der Waals surface area contributed by atoms with E-state index in [9.17, 15) is 4.79 Å². The summed E-state index contributed by atoms with van der Waals surface area (Å²) in [6, 6.07) is 11.9. The lowest BCUT2D eigenvalue weighted by atomic mass is 10.2. The van der Waals surface area contributed by atoms with Crippen LogP contribution in [0.1, 0.15) is 49.4 Å². The monoisotopic (exact) mass is 352 g/mol. The molecule has 3 rings (SSSR count). The van der Waals surface area contributed by atoms with Crippen molar-refractivity contribution in [1.82, 2.24) is 10.3 Å². The zero-order chi connectivity index (χ0) is 18.2. The molecule has 138 valence electrons. The Morgan fingerprint density at radius 2 is 1.88 bits per heavy atom. The highest BCUT2D eigenvalue weighted by atomic mass is 16.1. The molecule has 1 fully saturated rings. The van der Waals surface area contributed by atoms with Gasteiger partial charge in [-0.25, -0.2) is 4.98 Å². The Morgan fingerprint density at radius 1 is 1.12 bits per heavy atom. The van der Waals surface area contributed by atoms with E-state index in [0.29, 0.717) is 11.4 Å². The summed E-state index contributed by atoms with van der Waals surface area (Å²) in [5.74, 6) is 0.635. The van der Waals surface area contributed by atoms with E-state index < -0.39 is 0 Å². The van der Waals surface area contributed by atoms with Gasteiger partial charge in [0, 0.05) is 42.8 Å². The summed E-state index contributed by atoms with van der Waals surface area (Å²) in [6.45, 7) is 5.16. The van der Waals surface area contributed by atoms with E-state index in [0.717, 1.165) is 44.6 Å². The summed E-state index contributed by atoms with van der Waals surface area (Å²) < 4.78 is 0. The highest BCUT2D eigenvalue weighted by Gasteiger charge is 2.12. The van der Waals surface area contributed by atoms with Crippen molar-refractivity contribution < 1.29 is 4.79 Å². The maximum Gasteiger partial charge on any atom is 0.251 e. The minimum absolute atomic E-state index is 0.0454. The van der Waals surface area contributed by atoms with Gasteiger partial charge >= 0.3 is 0 Å². The molecule has 0 bridgehead atoms. The van der Waals surface area contributed by atoms with Gasteiger partial charge in [0.05, 0.1) is 0 Å². The van der Waals surface area contributed by atoms with Crippen molar-refractivity contribution in [1.29, 1.82) is 0 Å². The van der Waals surface area contributed by atoms with Crippen LogP contribution in [0.3, 0.4) is 0 Å². The number of pyridine rings is 1. The number of anilines is 3. The van der Waals surface area contributed by atoms with E-state index >= 15 is 0 Å². The molecule has 1 aromatic heterocycles. The first-order valence-electron chi connectivity index (χ1n) is 9.62. The molecular formula is C21H28N4O. The van der Waals surface area contributed by atoms with Crippen LogP contribution in [0.5, 0.6) is 0 Å². The molecule has 2 N–H and O–H groups in total. The molecule has 2 aromatic rings. The summed E-state index contributed by atoms with van der Waals surface area (Å²) in [4.78, 5) is 19.0. The molecule has 0 unspecified atom stereocenters. The van der Waals surface area contributed by atoms with Crippen molar-refractivity contribution >= 4 is 23.1 Å². The second kappa shape index (κ2) is 9.22. The minimum Gasteiger partial charge on any atom is -0.372 e. The molecule has 0 radical (unpaired) electrons. The largest absolute Gasteiger partial charge is 0.372 e. The van der Waals surface area contributed by atoms with Crippen molar-refractivity contribution in [2.24, 2.45) is 0 Å². The fourth-order valence-electron chi connectivity index (χ4n) is 3.20. The van der Waals surface area contributed by atoms with Gasteiger partial charge in [0.2, 0.25) is 0 Å². The number of nitrogens with zero attached hydrogens (tertiary/aromatic N) is 2. The third kappa shape index (κ3) is 4.97. The molecule has 0 aliphatic carbocycles. The van der Waals surface area contributed by atoms with Crippen LogP contribution in [0, 0.1) is 0 Å². The van der Waals surface area contributed by atoms with Crippen LogP contribution in [-0.2, 0) is 0 Å². The average Bonchev–Trinajstić information content (AvgIpc) is 3.21. The number of hydrogen-bond acceptors (Lipinski definition) is 4. The smallest absolute Gasteiger partial charge is 0.251 e. The van der Waals surface area contributed by atoms with E-state index in [1.807, 2.05) is 0 Å². The second-order valence-corrected chi connectivity index (χ2v) is 6.76. The molecule has 1 amide bonds. The van der Waals surface area contributed by atoms with Gasteiger partial charge in [-0.3, -0.25) is 4.79 Å². The number of unbranched alkanes of at least 4 members (excludes halogenated alkanes) is 2. The molecule has 1 aliphatic heterocycles. The summed E-state index contributed by atoms with van der Waals surface area (Å²) in [5.41, 5.74) is 2.87. The molecule has 0 atom stereocenters. The van der Waals surface area contributed by atoms with Gasteiger partial charge in [0.15, 0.2) is 0 Å². The number of aromatic nitrogens is 1. The lowest BCUT2D eigenvalue weighted by Crippen LogP contribution is -2.24. The van der Waals surface area contributed by atoms with Crippen molar-refractivity contribution in [3.8, 4) is 0 Å². The standard InChI is InChI=1S/C21H28N4O/c1-2-3-4-12-23-21(26)17-11-13-22-20(16-17)24-18-7-9-19(10-8-18)25-14-5-6-15-25/h7-11,13,16H,2-6,12,14-15H2,1H3,(H,22,24)(H,23,26). The molecule has 5 nitrogen and oxygen atoms in total. The first-order chi connectivity index (χ1) is 12.8. The van der Waals surface area contributed by atoms with Crippen molar-refractivity contribution in [2.45, 2.75) is 39.0 Å². The maximum absolute atomic E-state index is 12.2. The Kier molecular flexibility index (Phi) is 6.47. The van der Waals surface area contributed by atoms with Crippen LogP contribution in [-0.4, -0.2) is 30.5 Å². The molecule has 1 aromatic carbocycles. The highest BCUT2D eigenvalue weighted by molar-refractivity contribution is 5.94. The zero-order valence-corrected chi connectivity index (χ0v) is 15.5. The van der Waals surface area contributed by atoms with Crippen molar-refractivity contribution in [3.05, 3.63) is 48.2 Å². The molecule has 5 heteroatoms. The Hall–Kier alpha value is -2.56. The van der Waals surface area contributed by atoms with Gasteiger partial charge in [-0.15, -0.1) is 0 Å². The topological polar surface area (TPSA) is 57.3 Å². The van der Waals surface area contributed by atoms with Crippen LogP contribution in [0.2, 0.25) is 0 Å². The fraction of sp³-hybridized carbons (Fsp3) is 0.429. The van der Waals surface area contributed by atoms with E-state index in [4.69, 9.17) is 0 Å². The van der Waals surface area contributed by atoms with Gasteiger partial charge in [-0.1, -0.05) is 19.8 Å². The summed E-state index contributed by atoms with van der Waals surface area (Å²) in [6.07, 6.45) is 7.52.